The molecule has 0 bridgehead atoms. The number of carboxylic acid groups (broad SMARTS) is 1. The van der Waals surface area contributed by atoms with Crippen LogP contribution in [0, 0.1) is 5.92 Å². The van der Waals surface area contributed by atoms with Crippen LogP contribution in [-0.4, -0.2) is 83.8 Å². The van der Waals surface area contributed by atoms with Crippen LogP contribution in [-0.2, 0) is 16.4 Å². The molecule has 36 heavy (non-hydrogen) atoms. The van der Waals surface area contributed by atoms with E-state index >= 15 is 0 Å². The van der Waals surface area contributed by atoms with Crippen LogP contribution in [0.3, 0.4) is 0 Å². The van der Waals surface area contributed by atoms with Crippen LogP contribution in [0.1, 0.15) is 25.8 Å². The van der Waals surface area contributed by atoms with Gasteiger partial charge in [0.25, 0.3) is 0 Å². The fourth-order valence-electron chi connectivity index (χ4n) is 4.49. The Hall–Kier alpha value is -2.27. The number of methoxy groups -OCH3 is 1. The van der Waals surface area contributed by atoms with E-state index in [1.807, 2.05) is 44.2 Å². The lowest BCUT2D eigenvalue weighted by Gasteiger charge is -2.38. The number of carbonyl (C=O) groups is 1. The number of aliphatic hydroxyl groups excluding tert-OH is 1. The lowest BCUT2D eigenvalue weighted by molar-refractivity contribution is 0.0230. The van der Waals surface area contributed by atoms with Gasteiger partial charge in [0.05, 0.1) is 24.2 Å². The summed E-state index contributed by atoms with van der Waals surface area (Å²) in [5.41, 5.74) is 0.881. The van der Waals surface area contributed by atoms with Crippen LogP contribution in [0.4, 0.5) is 4.79 Å². The van der Waals surface area contributed by atoms with Crippen LogP contribution in [0.5, 0.6) is 5.75 Å². The summed E-state index contributed by atoms with van der Waals surface area (Å²) < 4.78 is 33.6. The molecule has 198 valence electrons. The van der Waals surface area contributed by atoms with Crippen molar-refractivity contribution in [3.8, 4) is 5.75 Å². The molecule has 2 aromatic carbocycles. The Morgan fingerprint density at radius 2 is 1.78 bits per heavy atom. The minimum Gasteiger partial charge on any atom is -0.497 e. The molecule has 1 aliphatic heterocycles. The first-order valence-corrected chi connectivity index (χ1v) is 14.7. The van der Waals surface area contributed by atoms with Crippen LogP contribution < -0.4 is 4.74 Å². The molecule has 1 aliphatic rings. The highest BCUT2D eigenvalue weighted by atomic mass is 32.2. The molecule has 8 nitrogen and oxygen atoms in total. The van der Waals surface area contributed by atoms with Gasteiger partial charge in [-0.3, -0.25) is 4.90 Å². The fraction of sp³-hybridized carbons (Fsp3) is 0.500. The van der Waals surface area contributed by atoms with E-state index in [0.717, 1.165) is 11.3 Å². The van der Waals surface area contributed by atoms with Crippen molar-refractivity contribution in [1.82, 2.24) is 9.21 Å². The summed E-state index contributed by atoms with van der Waals surface area (Å²) in [6.07, 6.45) is -1.34. The van der Waals surface area contributed by atoms with Crippen molar-refractivity contribution in [2.24, 2.45) is 5.92 Å². The van der Waals surface area contributed by atoms with Crippen LogP contribution in [0.25, 0.3) is 0 Å². The highest BCUT2D eigenvalue weighted by Gasteiger charge is 2.39. The van der Waals surface area contributed by atoms with Gasteiger partial charge in [0.15, 0.2) is 0 Å². The maximum atomic E-state index is 13.6. The van der Waals surface area contributed by atoms with Crippen molar-refractivity contribution in [3.05, 3.63) is 60.2 Å². The van der Waals surface area contributed by atoms with Crippen molar-refractivity contribution < 1.29 is 28.2 Å². The first-order valence-electron chi connectivity index (χ1n) is 12.1. The predicted molar refractivity (Wildman–Crippen MR) is 142 cm³/mol. The van der Waals surface area contributed by atoms with Gasteiger partial charge in [-0.2, -0.15) is 16.1 Å². The normalized spacial score (nSPS) is 17.8. The van der Waals surface area contributed by atoms with Crippen LogP contribution >= 0.6 is 11.8 Å². The molecular weight excluding hydrogens is 500 g/mol. The molecule has 0 aliphatic carbocycles. The number of aliphatic hydroxyl groups is 1. The minimum atomic E-state index is -3.94. The molecular formula is C26H36N2O6S2. The van der Waals surface area contributed by atoms with Gasteiger partial charge in [0.1, 0.15) is 5.75 Å². The Labute approximate surface area is 218 Å². The van der Waals surface area contributed by atoms with Gasteiger partial charge < -0.3 is 14.9 Å². The molecule has 0 aromatic heterocycles. The van der Waals surface area contributed by atoms with Crippen molar-refractivity contribution in [2.75, 3.05) is 31.7 Å². The largest absolute Gasteiger partial charge is 0.497 e. The van der Waals surface area contributed by atoms with Crippen molar-refractivity contribution in [3.63, 3.8) is 0 Å². The first-order chi connectivity index (χ1) is 17.1. The average Bonchev–Trinajstić information content (AvgIpc) is 3.37. The molecule has 3 rings (SSSR count). The Balaban J connectivity index is 1.94. The van der Waals surface area contributed by atoms with E-state index in [0.29, 0.717) is 17.9 Å². The number of sulfonamides is 1. The fourth-order valence-corrected chi connectivity index (χ4v) is 7.32. The standard InChI is InChI=1S/C26H36N2O6S2/c1-19(2)16-27(36(32,33)23-11-9-22(34-3)10-12-23)17-25(29)24(15-20-7-5-4-6-8-20)28(26(30)31)21-13-14-35-18-21/h4-12,19,21,24-25,29H,13-18H2,1-3H3,(H,30,31)/t21-,24-,25+/m0/s1. The monoisotopic (exact) mass is 536 g/mol. The maximum Gasteiger partial charge on any atom is 0.407 e. The number of rotatable bonds is 12. The molecule has 0 radical (unpaired) electrons. The Bertz CT molecular complexity index is 1070. The molecule has 1 heterocycles. The summed E-state index contributed by atoms with van der Waals surface area (Å²) in [4.78, 5) is 13.9. The zero-order chi connectivity index (χ0) is 26.3. The number of benzene rings is 2. The van der Waals surface area contributed by atoms with E-state index < -0.39 is 28.3 Å². The van der Waals surface area contributed by atoms with E-state index in [-0.39, 0.29) is 36.4 Å². The second-order valence-electron chi connectivity index (χ2n) is 9.42. The molecule has 10 heteroatoms. The number of hydrogen-bond donors (Lipinski definition) is 2. The zero-order valence-corrected chi connectivity index (χ0v) is 22.6. The Morgan fingerprint density at radius 3 is 2.31 bits per heavy atom. The first kappa shape index (κ1) is 28.3. The molecule has 3 atom stereocenters. The molecule has 0 unspecified atom stereocenters. The van der Waals surface area contributed by atoms with Crippen molar-refractivity contribution >= 4 is 27.9 Å². The molecule has 2 aromatic rings. The molecule has 1 fully saturated rings. The summed E-state index contributed by atoms with van der Waals surface area (Å²) in [6.45, 7) is 3.79. The zero-order valence-electron chi connectivity index (χ0n) is 21.0. The number of thioether (sulfide) groups is 1. The topological polar surface area (TPSA) is 107 Å². The van der Waals surface area contributed by atoms with Gasteiger partial charge >= 0.3 is 6.09 Å². The number of amides is 1. The van der Waals surface area contributed by atoms with Gasteiger partial charge in [-0.05, 0) is 54.3 Å². The highest BCUT2D eigenvalue weighted by molar-refractivity contribution is 7.99. The van der Waals surface area contributed by atoms with Crippen molar-refractivity contribution in [2.45, 2.75) is 49.8 Å². The summed E-state index contributed by atoms with van der Waals surface area (Å²) in [5, 5.41) is 21.6. The minimum absolute atomic E-state index is 0.000365. The van der Waals surface area contributed by atoms with E-state index in [1.54, 1.807) is 23.9 Å². The predicted octanol–water partition coefficient (Wildman–Crippen LogP) is 3.80. The molecule has 0 spiro atoms. The third-order valence-corrected chi connectivity index (χ3v) is 9.26. The van der Waals surface area contributed by atoms with Gasteiger partial charge in [0, 0.05) is 24.9 Å². The van der Waals surface area contributed by atoms with Crippen LogP contribution in [0.2, 0.25) is 0 Å². The van der Waals surface area contributed by atoms with E-state index in [4.69, 9.17) is 4.74 Å². The number of hydrogen-bond acceptors (Lipinski definition) is 6. The van der Waals surface area contributed by atoms with Gasteiger partial charge in [0.2, 0.25) is 10.0 Å². The SMILES string of the molecule is COc1ccc(S(=O)(=O)N(CC(C)C)C[C@@H](O)[C@H](Cc2ccccc2)N(C(=O)O)[C@H]2CCSC2)cc1. The summed E-state index contributed by atoms with van der Waals surface area (Å²) in [6, 6.07) is 14.5. The van der Waals surface area contributed by atoms with Crippen molar-refractivity contribution in [1.29, 1.82) is 0 Å². The summed E-state index contributed by atoms with van der Waals surface area (Å²) in [7, 11) is -2.43. The Morgan fingerprint density at radius 1 is 1.11 bits per heavy atom. The average molecular weight is 537 g/mol. The highest BCUT2D eigenvalue weighted by Crippen LogP contribution is 2.28. The van der Waals surface area contributed by atoms with Gasteiger partial charge in [-0.1, -0.05) is 44.2 Å². The summed E-state index contributed by atoms with van der Waals surface area (Å²) >= 11 is 1.69. The third-order valence-electron chi connectivity index (χ3n) is 6.27. The number of nitrogens with zero attached hydrogens (tertiary/aromatic N) is 2. The quantitative estimate of drug-likeness (QED) is 0.425. The van der Waals surface area contributed by atoms with E-state index in [1.165, 1.54) is 28.4 Å². The molecule has 0 saturated carbocycles. The van der Waals surface area contributed by atoms with E-state index in [2.05, 4.69) is 0 Å². The second kappa shape index (κ2) is 12.8. The second-order valence-corrected chi connectivity index (χ2v) is 12.5. The lowest BCUT2D eigenvalue weighted by atomic mass is 9.97. The summed E-state index contributed by atoms with van der Waals surface area (Å²) in [5.74, 6) is 2.05. The molecule has 1 saturated heterocycles. The Kier molecular flexibility index (Phi) is 10.1. The van der Waals surface area contributed by atoms with Crippen LogP contribution in [0.15, 0.2) is 59.5 Å². The maximum absolute atomic E-state index is 13.6. The van der Waals surface area contributed by atoms with Gasteiger partial charge in [-0.15, -0.1) is 0 Å². The third kappa shape index (κ3) is 7.15. The van der Waals surface area contributed by atoms with Gasteiger partial charge in [-0.25, -0.2) is 13.2 Å². The lowest BCUT2D eigenvalue weighted by Crippen LogP contribution is -2.56. The molecule has 2 N–H and O–H groups in total. The molecule has 1 amide bonds. The smallest absolute Gasteiger partial charge is 0.407 e. The number of ether oxygens (including phenoxy) is 1. The van der Waals surface area contributed by atoms with E-state index in [9.17, 15) is 23.4 Å².